The lowest BCUT2D eigenvalue weighted by Crippen LogP contribution is -2.37. The van der Waals surface area contributed by atoms with Crippen molar-refractivity contribution in [2.75, 3.05) is 62.5 Å². The van der Waals surface area contributed by atoms with E-state index in [0.29, 0.717) is 29.6 Å². The number of fused-ring (bicyclic) bond motifs is 1. The number of aromatic nitrogens is 2. The first-order valence-corrected chi connectivity index (χ1v) is 13.3. The highest BCUT2D eigenvalue weighted by molar-refractivity contribution is 6.00. The SMILES string of the molecule is COc1cc2ncnc(Nc3cccc(NC(=O)Nc4cccc(C)c4)c3)c2cc1OCCCN1CCOCC1. The van der Waals surface area contributed by atoms with Crippen molar-refractivity contribution in [2.24, 2.45) is 0 Å². The van der Waals surface area contributed by atoms with Gasteiger partial charge < -0.3 is 30.2 Å². The van der Waals surface area contributed by atoms with Crippen LogP contribution in [0.3, 0.4) is 0 Å². The number of nitrogens with one attached hydrogen (secondary N) is 3. The molecule has 3 aromatic carbocycles. The summed E-state index contributed by atoms with van der Waals surface area (Å²) < 4.78 is 17.1. The average molecular weight is 543 g/mol. The van der Waals surface area contributed by atoms with E-state index in [1.165, 1.54) is 6.33 Å². The maximum Gasteiger partial charge on any atom is 0.323 e. The lowest BCUT2D eigenvalue weighted by Gasteiger charge is -2.26. The van der Waals surface area contributed by atoms with Gasteiger partial charge in [0.1, 0.15) is 12.1 Å². The minimum absolute atomic E-state index is 0.322. The number of benzene rings is 3. The van der Waals surface area contributed by atoms with Gasteiger partial charge in [0.25, 0.3) is 0 Å². The van der Waals surface area contributed by atoms with E-state index in [1.54, 1.807) is 7.11 Å². The second-order valence-corrected chi connectivity index (χ2v) is 9.55. The number of carbonyl (C=O) groups excluding carboxylic acids is 1. The first-order valence-electron chi connectivity index (χ1n) is 13.3. The molecule has 1 aliphatic heterocycles. The van der Waals surface area contributed by atoms with E-state index in [4.69, 9.17) is 14.2 Å². The number of aryl methyl sites for hydroxylation is 1. The fourth-order valence-corrected chi connectivity index (χ4v) is 4.56. The second-order valence-electron chi connectivity index (χ2n) is 9.55. The molecule has 1 aliphatic rings. The van der Waals surface area contributed by atoms with Crippen molar-refractivity contribution in [1.82, 2.24) is 14.9 Å². The minimum Gasteiger partial charge on any atom is -0.493 e. The van der Waals surface area contributed by atoms with Gasteiger partial charge in [0.2, 0.25) is 0 Å². The fourth-order valence-electron chi connectivity index (χ4n) is 4.56. The first kappa shape index (κ1) is 27.2. The Labute approximate surface area is 233 Å². The number of anilines is 4. The predicted octanol–water partition coefficient (Wildman–Crippen LogP) is 5.44. The van der Waals surface area contributed by atoms with E-state index >= 15 is 0 Å². The topological polar surface area (TPSA) is 110 Å². The third kappa shape index (κ3) is 7.16. The standard InChI is InChI=1S/C30H34N6O4/c1-21-6-3-7-22(16-21)34-30(37)35-24-9-4-8-23(17-24)33-29-25-18-28(27(38-2)19-26(25)31-20-32-29)40-13-5-10-36-11-14-39-15-12-36/h3-4,6-9,16-20H,5,10-15H2,1-2H3,(H,31,32,33)(H2,34,35,37). The van der Waals surface area contributed by atoms with Crippen molar-refractivity contribution in [1.29, 1.82) is 0 Å². The second kappa shape index (κ2) is 13.1. The summed E-state index contributed by atoms with van der Waals surface area (Å²) >= 11 is 0. The van der Waals surface area contributed by atoms with Crippen molar-refractivity contribution in [2.45, 2.75) is 13.3 Å². The van der Waals surface area contributed by atoms with Crippen LogP contribution in [0, 0.1) is 6.92 Å². The Morgan fingerprint density at radius 3 is 2.48 bits per heavy atom. The molecule has 1 fully saturated rings. The van der Waals surface area contributed by atoms with Crippen LogP contribution in [0.4, 0.5) is 27.7 Å². The van der Waals surface area contributed by atoms with Crippen molar-refractivity contribution < 1.29 is 19.0 Å². The Hall–Kier alpha value is -4.41. The van der Waals surface area contributed by atoms with Crippen LogP contribution in [0.15, 0.2) is 67.0 Å². The smallest absolute Gasteiger partial charge is 0.323 e. The van der Waals surface area contributed by atoms with Gasteiger partial charge in [-0.15, -0.1) is 0 Å². The summed E-state index contributed by atoms with van der Waals surface area (Å²) in [5, 5.41) is 9.88. The Kier molecular flexibility index (Phi) is 8.89. The lowest BCUT2D eigenvalue weighted by atomic mass is 10.2. The number of morpholine rings is 1. The highest BCUT2D eigenvalue weighted by Crippen LogP contribution is 2.35. The molecule has 10 nitrogen and oxygen atoms in total. The Morgan fingerprint density at radius 2 is 1.70 bits per heavy atom. The maximum atomic E-state index is 12.5. The Morgan fingerprint density at radius 1 is 0.950 bits per heavy atom. The van der Waals surface area contributed by atoms with Crippen LogP contribution in [0.1, 0.15) is 12.0 Å². The number of amides is 2. The molecule has 1 saturated heterocycles. The molecule has 4 aromatic rings. The van der Waals surface area contributed by atoms with E-state index < -0.39 is 0 Å². The lowest BCUT2D eigenvalue weighted by molar-refractivity contribution is 0.0357. The first-order chi connectivity index (χ1) is 19.6. The van der Waals surface area contributed by atoms with E-state index in [9.17, 15) is 4.79 Å². The van der Waals surface area contributed by atoms with Crippen LogP contribution >= 0.6 is 0 Å². The van der Waals surface area contributed by atoms with Gasteiger partial charge in [0.15, 0.2) is 11.5 Å². The van der Waals surface area contributed by atoms with Gasteiger partial charge in [-0.2, -0.15) is 0 Å². The number of nitrogens with zero attached hydrogens (tertiary/aromatic N) is 3. The summed E-state index contributed by atoms with van der Waals surface area (Å²) in [5.74, 6) is 1.87. The summed E-state index contributed by atoms with van der Waals surface area (Å²) in [5.41, 5.74) is 3.92. The van der Waals surface area contributed by atoms with Gasteiger partial charge >= 0.3 is 6.03 Å². The van der Waals surface area contributed by atoms with E-state index in [0.717, 1.165) is 67.1 Å². The molecular weight excluding hydrogens is 508 g/mol. The van der Waals surface area contributed by atoms with Gasteiger partial charge in [0.05, 0.1) is 32.4 Å². The number of ether oxygens (including phenoxy) is 3. The van der Waals surface area contributed by atoms with Crippen molar-refractivity contribution in [3.05, 3.63) is 72.6 Å². The number of rotatable bonds is 10. The molecule has 2 amide bonds. The highest BCUT2D eigenvalue weighted by atomic mass is 16.5. The molecule has 0 bridgehead atoms. The number of urea groups is 1. The Bertz CT molecular complexity index is 1460. The normalized spacial score (nSPS) is 13.6. The highest BCUT2D eigenvalue weighted by Gasteiger charge is 2.14. The Balaban J connectivity index is 1.27. The molecule has 0 atom stereocenters. The van der Waals surface area contributed by atoms with Crippen LogP contribution in [-0.2, 0) is 4.74 Å². The molecule has 1 aromatic heterocycles. The van der Waals surface area contributed by atoms with Gasteiger partial charge in [-0.3, -0.25) is 4.90 Å². The number of carbonyl (C=O) groups is 1. The van der Waals surface area contributed by atoms with Gasteiger partial charge in [-0.25, -0.2) is 14.8 Å². The van der Waals surface area contributed by atoms with Gasteiger partial charge in [-0.1, -0.05) is 18.2 Å². The summed E-state index contributed by atoms with van der Waals surface area (Å²) in [4.78, 5) is 23.8. The molecule has 10 heteroatoms. The molecule has 0 aliphatic carbocycles. The molecule has 2 heterocycles. The van der Waals surface area contributed by atoms with E-state index in [-0.39, 0.29) is 6.03 Å². The molecule has 208 valence electrons. The molecule has 3 N–H and O–H groups in total. The van der Waals surface area contributed by atoms with Crippen LogP contribution in [0.2, 0.25) is 0 Å². The molecule has 40 heavy (non-hydrogen) atoms. The zero-order valence-corrected chi connectivity index (χ0v) is 22.8. The van der Waals surface area contributed by atoms with Crippen molar-refractivity contribution in [3.8, 4) is 11.5 Å². The zero-order chi connectivity index (χ0) is 27.7. The van der Waals surface area contributed by atoms with Crippen LogP contribution in [0.25, 0.3) is 10.9 Å². The monoisotopic (exact) mass is 542 g/mol. The molecule has 0 radical (unpaired) electrons. The van der Waals surface area contributed by atoms with Gasteiger partial charge in [0, 0.05) is 48.1 Å². The molecule has 0 unspecified atom stereocenters. The largest absolute Gasteiger partial charge is 0.493 e. The summed E-state index contributed by atoms with van der Waals surface area (Å²) in [6, 6.07) is 18.5. The van der Waals surface area contributed by atoms with Crippen molar-refractivity contribution in [3.63, 3.8) is 0 Å². The van der Waals surface area contributed by atoms with E-state index in [2.05, 4.69) is 30.8 Å². The average Bonchev–Trinajstić information content (AvgIpc) is 2.96. The quantitative estimate of drug-likeness (QED) is 0.228. The summed E-state index contributed by atoms with van der Waals surface area (Å²) in [6.45, 7) is 6.99. The summed E-state index contributed by atoms with van der Waals surface area (Å²) in [6.07, 6.45) is 2.40. The predicted molar refractivity (Wildman–Crippen MR) is 157 cm³/mol. The number of methoxy groups -OCH3 is 1. The molecule has 5 rings (SSSR count). The fraction of sp³-hybridized carbons (Fsp3) is 0.300. The number of hydrogen-bond acceptors (Lipinski definition) is 8. The van der Waals surface area contributed by atoms with Crippen LogP contribution in [0.5, 0.6) is 11.5 Å². The van der Waals surface area contributed by atoms with Crippen LogP contribution in [-0.4, -0.2) is 67.5 Å². The maximum absolute atomic E-state index is 12.5. The van der Waals surface area contributed by atoms with Crippen molar-refractivity contribution >= 4 is 39.8 Å². The molecule has 0 saturated carbocycles. The third-order valence-corrected chi connectivity index (χ3v) is 6.56. The summed E-state index contributed by atoms with van der Waals surface area (Å²) in [7, 11) is 1.62. The van der Waals surface area contributed by atoms with Gasteiger partial charge in [-0.05, 0) is 55.3 Å². The number of hydrogen-bond donors (Lipinski definition) is 3. The van der Waals surface area contributed by atoms with Crippen LogP contribution < -0.4 is 25.4 Å². The third-order valence-electron chi connectivity index (χ3n) is 6.56. The molecule has 0 spiro atoms. The zero-order valence-electron chi connectivity index (χ0n) is 22.8. The van der Waals surface area contributed by atoms with E-state index in [1.807, 2.05) is 67.6 Å². The minimum atomic E-state index is -0.322. The molecular formula is C30H34N6O4.